The van der Waals surface area contributed by atoms with Gasteiger partial charge in [-0.05, 0) is 22.8 Å². The molecule has 0 heterocycles. The molecular weight excluding hydrogens is 250 g/mol. The molecule has 2 aromatic rings. The second-order valence-corrected chi connectivity index (χ2v) is 3.71. The van der Waals surface area contributed by atoms with Gasteiger partial charge in [-0.25, -0.2) is 4.79 Å². The minimum atomic E-state index is -0.924. The van der Waals surface area contributed by atoms with Gasteiger partial charge in [0.2, 0.25) is 0 Å². The summed E-state index contributed by atoms with van der Waals surface area (Å²) in [6.07, 6.45) is 0. The number of nitrogens with two attached hydrogens (primary N) is 1. The maximum absolute atomic E-state index is 11.2. The third kappa shape index (κ3) is 2.70. The van der Waals surface area contributed by atoms with Crippen molar-refractivity contribution < 1.29 is 9.90 Å². The molecule has 3 nitrogen and oxygen atoms in total. The molecule has 0 aliphatic rings. The Labute approximate surface area is 112 Å². The van der Waals surface area contributed by atoms with Crippen molar-refractivity contribution in [3.63, 3.8) is 0 Å². The zero-order valence-electron chi connectivity index (χ0n) is 9.67. The fourth-order valence-corrected chi connectivity index (χ4v) is 1.87. The predicted molar refractivity (Wildman–Crippen MR) is 74.0 cm³/mol. The number of aromatic carboxylic acids is 1. The summed E-state index contributed by atoms with van der Waals surface area (Å²) < 4.78 is 0. The van der Waals surface area contributed by atoms with Gasteiger partial charge in [0, 0.05) is 6.54 Å². The number of carboxylic acids is 1. The van der Waals surface area contributed by atoms with Gasteiger partial charge in [-0.2, -0.15) is 0 Å². The molecule has 3 N–H and O–H groups in total. The first-order valence-corrected chi connectivity index (χ1v) is 5.34. The SMILES string of the molecule is Cl.NCc1ccccc1-c1ccccc1C(=O)O. The van der Waals surface area contributed by atoms with Crippen molar-refractivity contribution in [2.24, 2.45) is 5.73 Å². The van der Waals surface area contributed by atoms with Crippen LogP contribution in [0.3, 0.4) is 0 Å². The van der Waals surface area contributed by atoms with E-state index in [1.54, 1.807) is 18.2 Å². The molecule has 0 spiro atoms. The smallest absolute Gasteiger partial charge is 0.336 e. The van der Waals surface area contributed by atoms with Crippen LogP contribution in [0, 0.1) is 0 Å². The normalized spacial score (nSPS) is 9.61. The highest BCUT2D eigenvalue weighted by Gasteiger charge is 2.12. The minimum absolute atomic E-state index is 0. The summed E-state index contributed by atoms with van der Waals surface area (Å²) in [5.41, 5.74) is 8.50. The van der Waals surface area contributed by atoms with Crippen molar-refractivity contribution in [2.75, 3.05) is 0 Å². The number of halogens is 1. The molecule has 0 aliphatic heterocycles. The Morgan fingerprint density at radius 3 is 2.17 bits per heavy atom. The molecule has 0 saturated heterocycles. The zero-order valence-corrected chi connectivity index (χ0v) is 10.5. The second kappa shape index (κ2) is 6.19. The van der Waals surface area contributed by atoms with Crippen LogP contribution in [0.5, 0.6) is 0 Å². The number of hydrogen-bond acceptors (Lipinski definition) is 2. The molecule has 2 rings (SSSR count). The second-order valence-electron chi connectivity index (χ2n) is 3.71. The highest BCUT2D eigenvalue weighted by atomic mass is 35.5. The van der Waals surface area contributed by atoms with Crippen LogP contribution >= 0.6 is 12.4 Å². The lowest BCUT2D eigenvalue weighted by atomic mass is 9.95. The molecule has 0 atom stereocenters. The topological polar surface area (TPSA) is 63.3 Å². The summed E-state index contributed by atoms with van der Waals surface area (Å²) in [5, 5.41) is 9.16. The Kier molecular flexibility index (Phi) is 4.89. The van der Waals surface area contributed by atoms with E-state index in [1.165, 1.54) is 0 Å². The molecule has 0 bridgehead atoms. The van der Waals surface area contributed by atoms with Gasteiger partial charge in [-0.15, -0.1) is 12.4 Å². The van der Waals surface area contributed by atoms with Gasteiger partial charge >= 0.3 is 5.97 Å². The van der Waals surface area contributed by atoms with Crippen molar-refractivity contribution in [1.82, 2.24) is 0 Å². The summed E-state index contributed by atoms with van der Waals surface area (Å²) in [5.74, 6) is -0.924. The third-order valence-corrected chi connectivity index (χ3v) is 2.68. The van der Waals surface area contributed by atoms with Crippen LogP contribution in [0.1, 0.15) is 15.9 Å². The molecule has 0 radical (unpaired) electrons. The van der Waals surface area contributed by atoms with Crippen LogP contribution in [-0.2, 0) is 6.54 Å². The molecule has 0 aromatic heterocycles. The van der Waals surface area contributed by atoms with Crippen LogP contribution in [0.15, 0.2) is 48.5 Å². The standard InChI is InChI=1S/C14H13NO2.ClH/c15-9-10-5-1-2-6-11(10)12-7-3-4-8-13(12)14(16)17;/h1-8H,9,15H2,(H,16,17);1H. The first kappa shape index (κ1) is 14.2. The molecule has 0 unspecified atom stereocenters. The van der Waals surface area contributed by atoms with Gasteiger partial charge in [-0.3, -0.25) is 0 Å². The predicted octanol–water partition coefficient (Wildman–Crippen LogP) is 2.93. The van der Waals surface area contributed by atoms with E-state index in [2.05, 4.69) is 0 Å². The van der Waals surface area contributed by atoms with E-state index >= 15 is 0 Å². The summed E-state index contributed by atoms with van der Waals surface area (Å²) in [6, 6.07) is 14.5. The Morgan fingerprint density at radius 1 is 1.00 bits per heavy atom. The monoisotopic (exact) mass is 263 g/mol. The van der Waals surface area contributed by atoms with Crippen molar-refractivity contribution in [1.29, 1.82) is 0 Å². The Hall–Kier alpha value is -1.84. The van der Waals surface area contributed by atoms with E-state index in [1.807, 2.05) is 30.3 Å². The molecule has 0 fully saturated rings. The average molecular weight is 264 g/mol. The third-order valence-electron chi connectivity index (χ3n) is 2.68. The summed E-state index contributed by atoms with van der Waals surface area (Å²) in [7, 11) is 0. The maximum atomic E-state index is 11.2. The minimum Gasteiger partial charge on any atom is -0.478 e. The van der Waals surface area contributed by atoms with E-state index in [0.717, 1.165) is 11.1 Å². The van der Waals surface area contributed by atoms with Crippen molar-refractivity contribution in [2.45, 2.75) is 6.54 Å². The summed E-state index contributed by atoms with van der Waals surface area (Å²) in [6.45, 7) is 0.393. The lowest BCUT2D eigenvalue weighted by Gasteiger charge is -2.10. The van der Waals surface area contributed by atoms with E-state index < -0.39 is 5.97 Å². The average Bonchev–Trinajstić information content (AvgIpc) is 2.38. The van der Waals surface area contributed by atoms with Crippen LogP contribution in [0.25, 0.3) is 11.1 Å². The molecular formula is C14H14ClNO2. The van der Waals surface area contributed by atoms with Crippen LogP contribution in [0.4, 0.5) is 0 Å². The van der Waals surface area contributed by atoms with Crippen LogP contribution in [-0.4, -0.2) is 11.1 Å². The maximum Gasteiger partial charge on any atom is 0.336 e. The lowest BCUT2D eigenvalue weighted by molar-refractivity contribution is 0.0697. The molecule has 18 heavy (non-hydrogen) atoms. The van der Waals surface area contributed by atoms with E-state index in [0.29, 0.717) is 17.7 Å². The number of carboxylic acid groups (broad SMARTS) is 1. The van der Waals surface area contributed by atoms with E-state index in [-0.39, 0.29) is 12.4 Å². The first-order chi connectivity index (χ1) is 8.24. The summed E-state index contributed by atoms with van der Waals surface area (Å²) in [4.78, 5) is 11.2. The van der Waals surface area contributed by atoms with Crippen LogP contribution < -0.4 is 5.73 Å². The first-order valence-electron chi connectivity index (χ1n) is 5.34. The fourth-order valence-electron chi connectivity index (χ4n) is 1.87. The number of carbonyl (C=O) groups is 1. The molecule has 4 heteroatoms. The Bertz CT molecular complexity index is 555. The summed E-state index contributed by atoms with van der Waals surface area (Å²) >= 11 is 0. The van der Waals surface area contributed by atoms with Crippen LogP contribution in [0.2, 0.25) is 0 Å². The van der Waals surface area contributed by atoms with Gasteiger partial charge < -0.3 is 10.8 Å². The lowest BCUT2D eigenvalue weighted by Crippen LogP contribution is -2.03. The van der Waals surface area contributed by atoms with Gasteiger partial charge in [0.1, 0.15) is 0 Å². The van der Waals surface area contributed by atoms with Gasteiger partial charge in [-0.1, -0.05) is 42.5 Å². The van der Waals surface area contributed by atoms with Gasteiger partial charge in [0.05, 0.1) is 5.56 Å². The number of benzene rings is 2. The Morgan fingerprint density at radius 2 is 1.56 bits per heavy atom. The van der Waals surface area contributed by atoms with E-state index in [4.69, 9.17) is 10.8 Å². The molecule has 0 aliphatic carbocycles. The molecule has 94 valence electrons. The number of hydrogen-bond donors (Lipinski definition) is 2. The Balaban J connectivity index is 0.00000162. The van der Waals surface area contributed by atoms with Crippen molar-refractivity contribution in [3.05, 3.63) is 59.7 Å². The van der Waals surface area contributed by atoms with Crippen molar-refractivity contribution >= 4 is 18.4 Å². The zero-order chi connectivity index (χ0) is 12.3. The van der Waals surface area contributed by atoms with Crippen molar-refractivity contribution in [3.8, 4) is 11.1 Å². The number of rotatable bonds is 3. The molecule has 2 aromatic carbocycles. The quantitative estimate of drug-likeness (QED) is 0.895. The molecule has 0 saturated carbocycles. The van der Waals surface area contributed by atoms with Gasteiger partial charge in [0.25, 0.3) is 0 Å². The fraction of sp³-hybridized carbons (Fsp3) is 0.0714. The largest absolute Gasteiger partial charge is 0.478 e. The van der Waals surface area contributed by atoms with Gasteiger partial charge in [0.15, 0.2) is 0 Å². The highest BCUT2D eigenvalue weighted by molar-refractivity contribution is 5.96. The van der Waals surface area contributed by atoms with E-state index in [9.17, 15) is 4.79 Å². The molecule has 0 amide bonds. The highest BCUT2D eigenvalue weighted by Crippen LogP contribution is 2.26.